The van der Waals surface area contributed by atoms with Gasteiger partial charge < -0.3 is 13.9 Å². The molecule has 0 spiro atoms. The van der Waals surface area contributed by atoms with E-state index in [9.17, 15) is 4.79 Å². The Morgan fingerprint density at radius 3 is 2.80 bits per heavy atom. The highest BCUT2D eigenvalue weighted by Gasteiger charge is 2.31. The maximum absolute atomic E-state index is 12.1. The van der Waals surface area contributed by atoms with E-state index in [0.717, 1.165) is 40.2 Å². The zero-order valence-electron chi connectivity index (χ0n) is 15.4. The molecule has 2 aliphatic heterocycles. The molecule has 0 amide bonds. The van der Waals surface area contributed by atoms with Crippen LogP contribution >= 0.6 is 0 Å². The maximum atomic E-state index is 12.1. The topological polar surface area (TPSA) is 48.7 Å². The normalized spacial score (nSPS) is 26.7. The van der Waals surface area contributed by atoms with Gasteiger partial charge in [-0.3, -0.25) is 0 Å². The molecule has 4 bridgehead atoms. The number of methoxy groups -OCH3 is 1. The molecule has 3 heterocycles. The molecule has 3 rings (SSSR count). The Morgan fingerprint density at radius 2 is 2.12 bits per heavy atom. The van der Waals surface area contributed by atoms with Gasteiger partial charge in [-0.1, -0.05) is 17.7 Å². The number of carbonyl (C=O) groups excluding carboxylic acids is 1. The highest BCUT2D eigenvalue weighted by atomic mass is 16.5. The molecule has 0 fully saturated rings. The average Bonchev–Trinajstić information content (AvgIpc) is 3.05. The largest absolute Gasteiger partial charge is 0.459 e. The van der Waals surface area contributed by atoms with Crippen LogP contribution in [0.3, 0.4) is 0 Å². The Kier molecular flexibility index (Phi) is 5.00. The molecule has 25 heavy (non-hydrogen) atoms. The lowest BCUT2D eigenvalue weighted by molar-refractivity contribution is -0.139. The molecule has 4 nitrogen and oxygen atoms in total. The van der Waals surface area contributed by atoms with Crippen molar-refractivity contribution in [3.05, 3.63) is 52.5 Å². The van der Waals surface area contributed by atoms with Gasteiger partial charge in [-0.05, 0) is 57.4 Å². The number of rotatable bonds is 2. The highest BCUT2D eigenvalue weighted by molar-refractivity contribution is 5.90. The van der Waals surface area contributed by atoms with Crippen LogP contribution in [0, 0.1) is 12.8 Å². The predicted molar refractivity (Wildman–Crippen MR) is 97.0 cm³/mol. The van der Waals surface area contributed by atoms with Crippen LogP contribution in [0.4, 0.5) is 0 Å². The molecule has 0 N–H and O–H groups in total. The van der Waals surface area contributed by atoms with Crippen molar-refractivity contribution in [3.8, 4) is 0 Å². The Hall–Kier alpha value is -2.07. The molecular formula is C21H26O4. The molecule has 0 radical (unpaired) electrons. The fourth-order valence-corrected chi connectivity index (χ4v) is 3.74. The lowest BCUT2D eigenvalue weighted by atomic mass is 9.86. The predicted octanol–water partition coefficient (Wildman–Crippen LogP) is 4.91. The number of hydrogen-bond acceptors (Lipinski definition) is 4. The van der Waals surface area contributed by atoms with Crippen molar-refractivity contribution in [2.75, 3.05) is 7.11 Å². The van der Waals surface area contributed by atoms with E-state index >= 15 is 0 Å². The minimum Gasteiger partial charge on any atom is -0.459 e. The van der Waals surface area contributed by atoms with Gasteiger partial charge in [0.25, 0.3) is 0 Å². The lowest BCUT2D eigenvalue weighted by Crippen LogP contribution is -2.17. The summed E-state index contributed by atoms with van der Waals surface area (Å²) < 4.78 is 17.4. The summed E-state index contributed by atoms with van der Waals surface area (Å²) in [5.74, 6) is 1.52. The monoisotopic (exact) mass is 342 g/mol. The second-order valence-corrected chi connectivity index (χ2v) is 7.17. The van der Waals surface area contributed by atoms with Crippen LogP contribution in [-0.4, -0.2) is 19.2 Å². The van der Waals surface area contributed by atoms with Crippen molar-refractivity contribution in [1.29, 1.82) is 0 Å². The second-order valence-electron chi connectivity index (χ2n) is 7.17. The van der Waals surface area contributed by atoms with Crippen LogP contribution in [0.15, 0.2) is 39.9 Å². The Balaban J connectivity index is 2.05. The smallest absolute Gasteiger partial charge is 0.334 e. The minimum atomic E-state index is -0.213. The number of hydrogen-bond donors (Lipinski definition) is 0. The zero-order valence-corrected chi connectivity index (χ0v) is 15.4. The summed E-state index contributed by atoms with van der Waals surface area (Å²) in [4.78, 5) is 12.1. The molecule has 3 atom stereocenters. The second kappa shape index (κ2) is 7.04. The summed E-state index contributed by atoms with van der Waals surface area (Å²) in [5, 5.41) is 0. The van der Waals surface area contributed by atoms with E-state index in [0.29, 0.717) is 12.8 Å². The van der Waals surface area contributed by atoms with Gasteiger partial charge >= 0.3 is 5.97 Å². The van der Waals surface area contributed by atoms with Crippen LogP contribution in [0.1, 0.15) is 56.3 Å². The SMILES string of the molecule is C=C(C)[C@@H]1CCC2=C[C@H](CC(C)=Cc3cc(C)c(o3)[C@@H]1OC)OC2=O. The fraction of sp³-hybridized carbons (Fsp3) is 0.476. The van der Waals surface area contributed by atoms with E-state index < -0.39 is 0 Å². The van der Waals surface area contributed by atoms with E-state index in [4.69, 9.17) is 13.9 Å². The number of furan rings is 1. The summed E-state index contributed by atoms with van der Waals surface area (Å²) in [6.07, 6.45) is 5.68. The van der Waals surface area contributed by atoms with Gasteiger partial charge in [-0.2, -0.15) is 0 Å². The van der Waals surface area contributed by atoms with Crippen molar-refractivity contribution >= 4 is 12.0 Å². The molecule has 134 valence electrons. The lowest BCUT2D eigenvalue weighted by Gasteiger charge is -2.25. The minimum absolute atomic E-state index is 0.0706. The van der Waals surface area contributed by atoms with Gasteiger partial charge in [0.05, 0.1) is 0 Å². The fourth-order valence-electron chi connectivity index (χ4n) is 3.74. The van der Waals surface area contributed by atoms with Crippen LogP contribution in [0.5, 0.6) is 0 Å². The quantitative estimate of drug-likeness (QED) is 0.566. The van der Waals surface area contributed by atoms with E-state index in [1.54, 1.807) is 7.11 Å². The molecule has 2 aliphatic rings. The number of esters is 1. The summed E-state index contributed by atoms with van der Waals surface area (Å²) >= 11 is 0. The van der Waals surface area contributed by atoms with Gasteiger partial charge in [0.1, 0.15) is 23.7 Å². The van der Waals surface area contributed by atoms with Crippen LogP contribution in [0.2, 0.25) is 0 Å². The van der Waals surface area contributed by atoms with Gasteiger partial charge in [0.15, 0.2) is 0 Å². The maximum Gasteiger partial charge on any atom is 0.334 e. The third kappa shape index (κ3) is 3.64. The molecule has 1 aromatic heterocycles. The van der Waals surface area contributed by atoms with Gasteiger partial charge in [-0.25, -0.2) is 4.79 Å². The summed E-state index contributed by atoms with van der Waals surface area (Å²) in [6.45, 7) is 10.2. The first kappa shape index (κ1) is 17.7. The van der Waals surface area contributed by atoms with Crippen molar-refractivity contribution < 1.29 is 18.7 Å². The van der Waals surface area contributed by atoms with Gasteiger partial charge in [0, 0.05) is 25.0 Å². The standard InChI is InChI=1S/C21H26O4/c1-12(2)18-7-6-15-11-17(25-21(15)22)9-13(3)8-16-10-14(4)19(24-16)20(18)23-5/h8,10-11,17-18,20H,1,6-7,9H2,2-5H3/t17-,18-,20+/m0/s1. The Morgan fingerprint density at radius 1 is 1.36 bits per heavy atom. The van der Waals surface area contributed by atoms with Crippen LogP contribution in [-0.2, 0) is 14.3 Å². The zero-order chi connectivity index (χ0) is 18.1. The molecule has 4 heteroatoms. The van der Waals surface area contributed by atoms with Gasteiger partial charge in [-0.15, -0.1) is 0 Å². The third-order valence-electron chi connectivity index (χ3n) is 5.03. The van der Waals surface area contributed by atoms with Gasteiger partial charge in [0.2, 0.25) is 0 Å². The number of carbonyl (C=O) groups is 1. The molecule has 0 aliphatic carbocycles. The average molecular weight is 342 g/mol. The van der Waals surface area contributed by atoms with Crippen LogP contribution < -0.4 is 0 Å². The van der Waals surface area contributed by atoms with E-state index in [2.05, 4.69) is 6.58 Å². The Bertz CT molecular complexity index is 750. The molecule has 1 aromatic rings. The van der Waals surface area contributed by atoms with Crippen molar-refractivity contribution in [1.82, 2.24) is 0 Å². The van der Waals surface area contributed by atoms with E-state index in [-0.39, 0.29) is 24.1 Å². The summed E-state index contributed by atoms with van der Waals surface area (Å²) in [6, 6.07) is 2.04. The highest BCUT2D eigenvalue weighted by Crippen LogP contribution is 2.38. The summed E-state index contributed by atoms with van der Waals surface area (Å²) in [5.41, 5.74) is 3.97. The van der Waals surface area contributed by atoms with E-state index in [1.807, 2.05) is 39.0 Å². The molecule has 0 aromatic carbocycles. The van der Waals surface area contributed by atoms with Crippen molar-refractivity contribution in [3.63, 3.8) is 0 Å². The van der Waals surface area contributed by atoms with Crippen LogP contribution in [0.25, 0.3) is 6.08 Å². The molecule has 0 saturated heterocycles. The third-order valence-corrected chi connectivity index (χ3v) is 5.03. The molecule has 0 unspecified atom stereocenters. The van der Waals surface area contributed by atoms with Crippen molar-refractivity contribution in [2.24, 2.45) is 5.92 Å². The number of aryl methyl sites for hydroxylation is 1. The summed E-state index contributed by atoms with van der Waals surface area (Å²) in [7, 11) is 1.69. The van der Waals surface area contributed by atoms with Crippen molar-refractivity contribution in [2.45, 2.75) is 52.2 Å². The first-order valence-electron chi connectivity index (χ1n) is 8.76. The molecule has 0 saturated carbocycles. The first-order valence-corrected chi connectivity index (χ1v) is 8.76. The van der Waals surface area contributed by atoms with E-state index in [1.165, 1.54) is 0 Å². The number of fused-ring (bicyclic) bond motifs is 3. The first-order chi connectivity index (χ1) is 11.9. The Labute approximate surface area is 149 Å². The molecular weight excluding hydrogens is 316 g/mol. The number of ether oxygens (including phenoxy) is 2.